The molecule has 0 saturated carbocycles. The number of rotatable bonds is 10. The van der Waals surface area contributed by atoms with Crippen molar-refractivity contribution in [3.63, 3.8) is 0 Å². The average molecular weight is 449 g/mol. The summed E-state index contributed by atoms with van der Waals surface area (Å²) in [5.74, 6) is 0.478. The van der Waals surface area contributed by atoms with Crippen LogP contribution in [0.4, 0.5) is 10.2 Å². The van der Waals surface area contributed by atoms with Crippen LogP contribution < -0.4 is 5.32 Å². The van der Waals surface area contributed by atoms with E-state index in [1.165, 1.54) is 12.1 Å². The maximum absolute atomic E-state index is 13.2. The summed E-state index contributed by atoms with van der Waals surface area (Å²) in [7, 11) is 0. The minimum absolute atomic E-state index is 0.0508. The Kier molecular flexibility index (Phi) is 8.15. The van der Waals surface area contributed by atoms with Crippen molar-refractivity contribution in [3.8, 4) is 11.3 Å². The maximum atomic E-state index is 13.2. The van der Waals surface area contributed by atoms with Gasteiger partial charge in [0.1, 0.15) is 11.6 Å². The molecule has 1 aromatic heterocycles. The number of hydrogen-bond acceptors (Lipinski definition) is 4. The second-order valence-electron chi connectivity index (χ2n) is 8.92. The van der Waals surface area contributed by atoms with Gasteiger partial charge >= 0.3 is 0 Å². The lowest BCUT2D eigenvalue weighted by Crippen LogP contribution is -2.32. The molecule has 2 aromatic carbocycles. The van der Waals surface area contributed by atoms with E-state index >= 15 is 0 Å². The monoisotopic (exact) mass is 448 g/mol. The Labute approximate surface area is 196 Å². The SMILES string of the molecule is CCCN(CCC)C(=O)c1cccc(-c2ccc(NCC(C)(C)c3ccc(F)cc3)nn2)c1. The molecule has 0 atom stereocenters. The smallest absolute Gasteiger partial charge is 0.253 e. The molecule has 33 heavy (non-hydrogen) atoms. The number of amides is 1. The third-order valence-corrected chi connectivity index (χ3v) is 5.68. The molecule has 1 N–H and O–H groups in total. The van der Waals surface area contributed by atoms with Crippen LogP contribution in [-0.4, -0.2) is 40.6 Å². The number of halogens is 1. The van der Waals surface area contributed by atoms with Gasteiger partial charge in [0.25, 0.3) is 5.91 Å². The third kappa shape index (κ3) is 6.37. The summed E-state index contributed by atoms with van der Waals surface area (Å²) >= 11 is 0. The summed E-state index contributed by atoms with van der Waals surface area (Å²) in [6.45, 7) is 10.5. The van der Waals surface area contributed by atoms with E-state index in [9.17, 15) is 9.18 Å². The molecule has 0 fully saturated rings. The van der Waals surface area contributed by atoms with Gasteiger partial charge in [-0.3, -0.25) is 4.79 Å². The zero-order valence-corrected chi connectivity index (χ0v) is 19.9. The number of carbonyl (C=O) groups excluding carboxylic acids is 1. The van der Waals surface area contributed by atoms with Gasteiger partial charge in [-0.1, -0.05) is 52.0 Å². The van der Waals surface area contributed by atoms with Crippen molar-refractivity contribution in [1.29, 1.82) is 0 Å². The Morgan fingerprint density at radius 2 is 1.67 bits per heavy atom. The van der Waals surface area contributed by atoms with Gasteiger partial charge in [-0.15, -0.1) is 10.2 Å². The lowest BCUT2D eigenvalue weighted by molar-refractivity contribution is 0.0755. The summed E-state index contributed by atoms with van der Waals surface area (Å²) < 4.78 is 13.2. The summed E-state index contributed by atoms with van der Waals surface area (Å²) in [6, 6.07) is 17.9. The first-order valence-corrected chi connectivity index (χ1v) is 11.6. The van der Waals surface area contributed by atoms with Crippen LogP contribution in [0.3, 0.4) is 0 Å². The average Bonchev–Trinajstić information content (AvgIpc) is 2.83. The molecule has 0 unspecified atom stereocenters. The molecular weight excluding hydrogens is 415 g/mol. The van der Waals surface area contributed by atoms with Gasteiger partial charge in [-0.05, 0) is 54.8 Å². The summed E-state index contributed by atoms with van der Waals surface area (Å²) in [4.78, 5) is 14.8. The lowest BCUT2D eigenvalue weighted by Gasteiger charge is -2.25. The predicted molar refractivity (Wildman–Crippen MR) is 132 cm³/mol. The lowest BCUT2D eigenvalue weighted by atomic mass is 9.84. The van der Waals surface area contributed by atoms with Crippen molar-refractivity contribution in [3.05, 3.63) is 77.6 Å². The molecule has 5 nitrogen and oxygen atoms in total. The van der Waals surface area contributed by atoms with E-state index in [1.807, 2.05) is 53.4 Å². The number of anilines is 1. The van der Waals surface area contributed by atoms with E-state index in [0.717, 1.165) is 37.1 Å². The number of nitrogens with one attached hydrogen (secondary N) is 1. The number of aromatic nitrogens is 2. The van der Waals surface area contributed by atoms with Crippen molar-refractivity contribution < 1.29 is 9.18 Å². The van der Waals surface area contributed by atoms with Crippen LogP contribution in [0.15, 0.2) is 60.7 Å². The highest BCUT2D eigenvalue weighted by atomic mass is 19.1. The van der Waals surface area contributed by atoms with Crippen molar-refractivity contribution in [2.75, 3.05) is 25.0 Å². The van der Waals surface area contributed by atoms with E-state index < -0.39 is 0 Å². The number of benzene rings is 2. The summed E-state index contributed by atoms with van der Waals surface area (Å²) in [6.07, 6.45) is 1.87. The van der Waals surface area contributed by atoms with Gasteiger partial charge in [-0.2, -0.15) is 0 Å². The van der Waals surface area contributed by atoms with Crippen LogP contribution in [0.25, 0.3) is 11.3 Å². The van der Waals surface area contributed by atoms with Crippen LogP contribution in [-0.2, 0) is 5.41 Å². The third-order valence-electron chi connectivity index (χ3n) is 5.68. The largest absolute Gasteiger partial charge is 0.368 e. The van der Waals surface area contributed by atoms with E-state index in [0.29, 0.717) is 23.6 Å². The van der Waals surface area contributed by atoms with Crippen molar-refractivity contribution >= 4 is 11.7 Å². The molecule has 174 valence electrons. The molecular formula is C27H33FN4O. The minimum atomic E-state index is -0.238. The zero-order chi connectivity index (χ0) is 23.8. The standard InChI is InChI=1S/C27H33FN4O/c1-5-16-32(17-6-2)26(33)21-9-7-8-20(18-21)24-14-15-25(31-30-24)29-19-27(3,4)22-10-12-23(28)13-11-22/h7-15,18H,5-6,16-17,19H2,1-4H3,(H,29,31). The Morgan fingerprint density at radius 1 is 0.970 bits per heavy atom. The zero-order valence-electron chi connectivity index (χ0n) is 19.9. The van der Waals surface area contributed by atoms with Gasteiger partial charge in [0.2, 0.25) is 0 Å². The van der Waals surface area contributed by atoms with Gasteiger partial charge in [0.05, 0.1) is 5.69 Å². The normalized spacial score (nSPS) is 11.3. The Morgan fingerprint density at radius 3 is 2.27 bits per heavy atom. The fourth-order valence-electron chi connectivity index (χ4n) is 3.74. The number of nitrogens with zero attached hydrogens (tertiary/aromatic N) is 3. The molecule has 3 aromatic rings. The first kappa shape index (κ1) is 24.4. The first-order valence-electron chi connectivity index (χ1n) is 11.6. The highest BCUT2D eigenvalue weighted by molar-refractivity contribution is 5.95. The quantitative estimate of drug-likeness (QED) is 0.417. The van der Waals surface area contributed by atoms with Crippen LogP contribution in [0, 0.1) is 5.82 Å². The van der Waals surface area contributed by atoms with Crippen molar-refractivity contribution in [2.24, 2.45) is 0 Å². The maximum Gasteiger partial charge on any atom is 0.253 e. The second-order valence-corrected chi connectivity index (χ2v) is 8.92. The highest BCUT2D eigenvalue weighted by Gasteiger charge is 2.21. The first-order chi connectivity index (χ1) is 15.8. The molecule has 0 aliphatic rings. The summed E-state index contributed by atoms with van der Waals surface area (Å²) in [5, 5.41) is 12.0. The molecule has 0 spiro atoms. The molecule has 1 amide bonds. The van der Waals surface area contributed by atoms with E-state index in [4.69, 9.17) is 0 Å². The molecule has 6 heteroatoms. The molecule has 0 saturated heterocycles. The molecule has 3 rings (SSSR count). The van der Waals surface area contributed by atoms with Gasteiger partial charge in [0.15, 0.2) is 0 Å². The fourth-order valence-corrected chi connectivity index (χ4v) is 3.74. The van der Waals surface area contributed by atoms with Crippen LogP contribution in [0.5, 0.6) is 0 Å². The van der Waals surface area contributed by atoms with Gasteiger partial charge in [0, 0.05) is 36.2 Å². The van der Waals surface area contributed by atoms with E-state index in [2.05, 4.69) is 43.2 Å². The fraction of sp³-hybridized carbons (Fsp3) is 0.370. The number of hydrogen-bond donors (Lipinski definition) is 1. The second kappa shape index (κ2) is 11.0. The molecule has 0 bridgehead atoms. The molecule has 0 aliphatic heterocycles. The molecule has 1 heterocycles. The van der Waals surface area contributed by atoms with Crippen molar-refractivity contribution in [1.82, 2.24) is 15.1 Å². The Hall–Kier alpha value is -3.28. The van der Waals surface area contributed by atoms with Crippen molar-refractivity contribution in [2.45, 2.75) is 46.0 Å². The molecule has 0 aliphatic carbocycles. The van der Waals surface area contributed by atoms with E-state index in [-0.39, 0.29) is 17.1 Å². The van der Waals surface area contributed by atoms with Gasteiger partial charge in [-0.25, -0.2) is 4.39 Å². The minimum Gasteiger partial charge on any atom is -0.368 e. The van der Waals surface area contributed by atoms with E-state index in [1.54, 1.807) is 0 Å². The highest BCUT2D eigenvalue weighted by Crippen LogP contribution is 2.24. The van der Waals surface area contributed by atoms with Crippen LogP contribution in [0.2, 0.25) is 0 Å². The summed E-state index contributed by atoms with van der Waals surface area (Å²) in [5.41, 5.74) is 3.08. The van der Waals surface area contributed by atoms with Crippen LogP contribution in [0.1, 0.15) is 56.5 Å². The number of carbonyl (C=O) groups is 1. The topological polar surface area (TPSA) is 58.1 Å². The molecule has 0 radical (unpaired) electrons. The van der Waals surface area contributed by atoms with Gasteiger partial charge < -0.3 is 10.2 Å². The predicted octanol–water partition coefficient (Wildman–Crippen LogP) is 5.93. The Balaban J connectivity index is 1.69. The Bertz CT molecular complexity index is 1040. The van der Waals surface area contributed by atoms with Crippen LogP contribution >= 0.6 is 0 Å².